The number of hydrogen-bond donors (Lipinski definition) is 1. The summed E-state index contributed by atoms with van der Waals surface area (Å²) in [6, 6.07) is 23.5. The number of ether oxygens (including phenoxy) is 3. The predicted octanol–water partition coefficient (Wildman–Crippen LogP) is 8.18. The van der Waals surface area contributed by atoms with E-state index in [1.54, 1.807) is 48.5 Å². The summed E-state index contributed by atoms with van der Waals surface area (Å²) in [5.41, 5.74) is 1.80. The molecule has 0 saturated carbocycles. The molecule has 0 aliphatic rings. The third kappa shape index (κ3) is 6.74. The molecule has 0 radical (unpaired) electrons. The number of para-hydroxylation sites is 1. The summed E-state index contributed by atoms with van der Waals surface area (Å²) in [6.07, 6.45) is 0.472. The van der Waals surface area contributed by atoms with Crippen LogP contribution in [0, 0.1) is 12.7 Å². The average molecular weight is 493 g/mol. The van der Waals surface area contributed by atoms with E-state index in [9.17, 15) is 9.18 Å². The van der Waals surface area contributed by atoms with Crippen LogP contribution in [-0.2, 0) is 11.2 Å². The van der Waals surface area contributed by atoms with Crippen molar-refractivity contribution in [2.75, 3.05) is 0 Å². The van der Waals surface area contributed by atoms with Crippen LogP contribution in [0.1, 0.15) is 17.5 Å². The second-order valence-corrected chi connectivity index (χ2v) is 8.25. The van der Waals surface area contributed by atoms with Crippen LogP contribution in [0.5, 0.6) is 34.5 Å². The maximum atomic E-state index is 14.4. The van der Waals surface area contributed by atoms with Crippen LogP contribution in [0.4, 0.5) is 4.39 Å². The molecule has 0 aliphatic heterocycles. The Hall–Kier alpha value is -4.03. The lowest BCUT2D eigenvalue weighted by Gasteiger charge is -2.14. The highest BCUT2D eigenvalue weighted by atomic mass is 35.5. The van der Waals surface area contributed by atoms with E-state index in [2.05, 4.69) is 0 Å². The smallest absolute Gasteiger partial charge is 0.303 e. The van der Waals surface area contributed by atoms with Crippen molar-refractivity contribution in [3.05, 3.63) is 107 Å². The van der Waals surface area contributed by atoms with Crippen molar-refractivity contribution < 1.29 is 28.5 Å². The number of hydrogen-bond acceptors (Lipinski definition) is 4. The number of carbonyl (C=O) groups is 1. The van der Waals surface area contributed by atoms with Gasteiger partial charge in [-0.3, -0.25) is 4.79 Å². The van der Waals surface area contributed by atoms with Gasteiger partial charge in [-0.05, 0) is 60.9 Å². The summed E-state index contributed by atoms with van der Waals surface area (Å²) < 4.78 is 32.1. The maximum Gasteiger partial charge on any atom is 0.303 e. The zero-order valence-corrected chi connectivity index (χ0v) is 19.6. The first-order valence-corrected chi connectivity index (χ1v) is 11.2. The fraction of sp³-hybridized carbons (Fsp3) is 0.107. The largest absolute Gasteiger partial charge is 0.481 e. The standard InChI is InChI=1S/C28H22ClFO5/c1-18-13-23(10-7-19(18)8-12-28(31)32)33-24-15-21(30)16-25(17-24)35-26-11-9-20(29)14-27(26)34-22-5-3-2-4-6-22/h2-7,9-11,13-17H,8,12H2,1H3,(H,31,32). The van der Waals surface area contributed by atoms with Crippen molar-refractivity contribution in [1.82, 2.24) is 0 Å². The van der Waals surface area contributed by atoms with E-state index in [1.807, 2.05) is 31.2 Å². The van der Waals surface area contributed by atoms with Gasteiger partial charge in [0.05, 0.1) is 0 Å². The summed E-state index contributed by atoms with van der Waals surface area (Å²) >= 11 is 6.14. The van der Waals surface area contributed by atoms with Crippen molar-refractivity contribution in [3.63, 3.8) is 0 Å². The summed E-state index contributed by atoms with van der Waals surface area (Å²) in [5.74, 6) is 0.910. The molecule has 0 amide bonds. The minimum atomic E-state index is -0.852. The molecule has 0 saturated heterocycles. The number of benzene rings is 4. The van der Waals surface area contributed by atoms with Crippen LogP contribution in [0.2, 0.25) is 5.02 Å². The van der Waals surface area contributed by atoms with Crippen molar-refractivity contribution in [3.8, 4) is 34.5 Å². The zero-order chi connectivity index (χ0) is 24.8. The fourth-order valence-corrected chi connectivity index (χ4v) is 3.60. The fourth-order valence-electron chi connectivity index (χ4n) is 3.43. The Labute approximate surface area is 207 Å². The molecular formula is C28H22ClFO5. The highest BCUT2D eigenvalue weighted by molar-refractivity contribution is 6.30. The van der Waals surface area contributed by atoms with Gasteiger partial charge >= 0.3 is 5.97 Å². The maximum absolute atomic E-state index is 14.4. The highest BCUT2D eigenvalue weighted by Crippen LogP contribution is 2.38. The molecule has 0 fully saturated rings. The molecule has 0 spiro atoms. The van der Waals surface area contributed by atoms with Crippen LogP contribution in [0.3, 0.4) is 0 Å². The zero-order valence-electron chi connectivity index (χ0n) is 18.8. The molecule has 35 heavy (non-hydrogen) atoms. The van der Waals surface area contributed by atoms with Gasteiger partial charge in [0.15, 0.2) is 11.5 Å². The third-order valence-electron chi connectivity index (χ3n) is 5.11. The molecule has 0 aliphatic carbocycles. The van der Waals surface area contributed by atoms with Crippen LogP contribution in [0.25, 0.3) is 0 Å². The van der Waals surface area contributed by atoms with E-state index in [0.29, 0.717) is 34.4 Å². The Morgan fingerprint density at radius 2 is 1.51 bits per heavy atom. The summed E-state index contributed by atoms with van der Waals surface area (Å²) in [6.45, 7) is 1.87. The van der Waals surface area contributed by atoms with Gasteiger partial charge in [-0.2, -0.15) is 0 Å². The molecule has 0 heterocycles. The molecular weight excluding hydrogens is 471 g/mol. The molecule has 4 aromatic carbocycles. The second kappa shape index (κ2) is 10.9. The first-order chi connectivity index (χ1) is 16.9. The van der Waals surface area contributed by atoms with Crippen LogP contribution >= 0.6 is 11.6 Å². The first kappa shape index (κ1) is 24.1. The van der Waals surface area contributed by atoms with Gasteiger partial charge < -0.3 is 19.3 Å². The highest BCUT2D eigenvalue weighted by Gasteiger charge is 2.12. The minimum Gasteiger partial charge on any atom is -0.481 e. The predicted molar refractivity (Wildman–Crippen MR) is 132 cm³/mol. The number of rotatable bonds is 9. The van der Waals surface area contributed by atoms with Crippen molar-refractivity contribution in [1.29, 1.82) is 0 Å². The van der Waals surface area contributed by atoms with Crippen LogP contribution < -0.4 is 14.2 Å². The topological polar surface area (TPSA) is 65.0 Å². The summed E-state index contributed by atoms with van der Waals surface area (Å²) in [7, 11) is 0. The van der Waals surface area contributed by atoms with Crippen LogP contribution in [-0.4, -0.2) is 11.1 Å². The number of carboxylic acids is 1. The molecule has 178 valence electrons. The molecule has 4 rings (SSSR count). The number of aliphatic carboxylic acids is 1. The molecule has 0 unspecified atom stereocenters. The summed E-state index contributed by atoms with van der Waals surface area (Å²) in [4.78, 5) is 10.8. The molecule has 1 N–H and O–H groups in total. The lowest BCUT2D eigenvalue weighted by molar-refractivity contribution is -0.136. The quantitative estimate of drug-likeness (QED) is 0.255. The van der Waals surface area contributed by atoms with Crippen molar-refractivity contribution >= 4 is 17.6 Å². The van der Waals surface area contributed by atoms with E-state index in [0.717, 1.165) is 11.1 Å². The Bertz CT molecular complexity index is 1340. The Balaban J connectivity index is 1.54. The van der Waals surface area contributed by atoms with Gasteiger partial charge in [0.2, 0.25) is 0 Å². The third-order valence-corrected chi connectivity index (χ3v) is 5.34. The number of halogens is 2. The van der Waals surface area contributed by atoms with Crippen molar-refractivity contribution in [2.24, 2.45) is 0 Å². The SMILES string of the molecule is Cc1cc(Oc2cc(F)cc(Oc3ccc(Cl)cc3Oc3ccccc3)c2)ccc1CCC(=O)O. The monoisotopic (exact) mass is 492 g/mol. The van der Waals surface area contributed by atoms with Gasteiger partial charge in [-0.1, -0.05) is 35.9 Å². The Morgan fingerprint density at radius 1 is 0.800 bits per heavy atom. The van der Waals surface area contributed by atoms with Crippen molar-refractivity contribution in [2.45, 2.75) is 19.8 Å². The second-order valence-electron chi connectivity index (χ2n) is 7.81. The van der Waals surface area contributed by atoms with E-state index >= 15 is 0 Å². The molecule has 0 aromatic heterocycles. The van der Waals surface area contributed by atoms with Gasteiger partial charge in [-0.25, -0.2) is 4.39 Å². The van der Waals surface area contributed by atoms with Gasteiger partial charge in [0.1, 0.15) is 28.8 Å². The Morgan fingerprint density at radius 3 is 2.23 bits per heavy atom. The first-order valence-electron chi connectivity index (χ1n) is 10.9. The molecule has 0 atom stereocenters. The molecule has 5 nitrogen and oxygen atoms in total. The van der Waals surface area contributed by atoms with E-state index in [-0.39, 0.29) is 17.9 Å². The number of carboxylic acid groups (broad SMARTS) is 1. The average Bonchev–Trinajstić information content (AvgIpc) is 2.80. The Kier molecular flexibility index (Phi) is 7.53. The molecule has 0 bridgehead atoms. The summed E-state index contributed by atoms with van der Waals surface area (Å²) in [5, 5.41) is 9.36. The molecule has 7 heteroatoms. The van der Waals surface area contributed by atoms with Gasteiger partial charge in [0.25, 0.3) is 0 Å². The van der Waals surface area contributed by atoms with Gasteiger partial charge in [-0.15, -0.1) is 0 Å². The lowest BCUT2D eigenvalue weighted by atomic mass is 10.0. The lowest BCUT2D eigenvalue weighted by Crippen LogP contribution is -1.99. The van der Waals surface area contributed by atoms with E-state index < -0.39 is 11.8 Å². The van der Waals surface area contributed by atoms with Crippen LogP contribution in [0.15, 0.2) is 84.9 Å². The van der Waals surface area contributed by atoms with E-state index in [4.69, 9.17) is 30.9 Å². The molecule has 4 aromatic rings. The number of aryl methyl sites for hydroxylation is 2. The normalized spacial score (nSPS) is 10.6. The minimum absolute atomic E-state index is 0.0479. The van der Waals surface area contributed by atoms with Gasteiger partial charge in [0, 0.05) is 35.7 Å². The van der Waals surface area contributed by atoms with E-state index in [1.165, 1.54) is 12.1 Å².